The molecule has 1 aliphatic carbocycles. The highest BCUT2D eigenvalue weighted by atomic mass is 16.3. The van der Waals surface area contributed by atoms with Gasteiger partial charge in [-0.05, 0) is 141 Å². The Morgan fingerprint density at radius 1 is 0.500 bits per heavy atom. The van der Waals surface area contributed by atoms with Gasteiger partial charge in [-0.3, -0.25) is 0 Å². The van der Waals surface area contributed by atoms with Crippen LogP contribution in [0.15, 0.2) is 160 Å². The van der Waals surface area contributed by atoms with Crippen LogP contribution in [0.25, 0.3) is 55.0 Å². The quantitative estimate of drug-likeness (QED) is 0.166. The van der Waals surface area contributed by atoms with Gasteiger partial charge in [0.1, 0.15) is 22.3 Å². The maximum Gasteiger partial charge on any atom is 0.252 e. The Morgan fingerprint density at radius 2 is 1.09 bits per heavy atom. The number of hydrogen-bond donors (Lipinski definition) is 0. The molecule has 0 fully saturated rings. The minimum absolute atomic E-state index is 0.0214. The van der Waals surface area contributed by atoms with Crippen molar-refractivity contribution in [2.75, 3.05) is 9.80 Å². The zero-order valence-corrected chi connectivity index (χ0v) is 39.1. The van der Waals surface area contributed by atoms with E-state index in [4.69, 9.17) is 8.83 Å². The van der Waals surface area contributed by atoms with Gasteiger partial charge in [-0.15, -0.1) is 0 Å². The van der Waals surface area contributed by atoms with E-state index in [1.54, 1.807) is 0 Å². The van der Waals surface area contributed by atoms with E-state index in [-0.39, 0.29) is 23.0 Å². The largest absolute Gasteiger partial charge is 0.456 e. The molecule has 0 saturated heterocycles. The van der Waals surface area contributed by atoms with Gasteiger partial charge in [-0.25, -0.2) is 0 Å². The number of benzene rings is 8. The van der Waals surface area contributed by atoms with Gasteiger partial charge in [-0.1, -0.05) is 133 Å². The maximum atomic E-state index is 6.59. The van der Waals surface area contributed by atoms with E-state index in [1.165, 1.54) is 61.4 Å². The zero-order valence-electron chi connectivity index (χ0n) is 39.1. The van der Waals surface area contributed by atoms with Crippen LogP contribution in [0.4, 0.5) is 34.1 Å². The monoisotopic (exact) mass is 856 g/mol. The van der Waals surface area contributed by atoms with E-state index >= 15 is 0 Å². The first-order chi connectivity index (χ1) is 31.7. The molecule has 8 aromatic carbocycles. The molecule has 0 radical (unpaired) electrons. The number of anilines is 6. The van der Waals surface area contributed by atoms with Gasteiger partial charge in [0.05, 0.1) is 0 Å². The minimum atomic E-state index is -0.0422. The number of aryl methyl sites for hydroxylation is 1. The van der Waals surface area contributed by atoms with E-state index in [0.717, 1.165) is 79.2 Å². The maximum absolute atomic E-state index is 6.59. The van der Waals surface area contributed by atoms with Gasteiger partial charge < -0.3 is 18.6 Å². The molecule has 322 valence electrons. The highest BCUT2D eigenvalue weighted by molar-refractivity contribution is 7.00. The molecule has 0 amide bonds. The fraction of sp³-hybridized carbons (Fsp3) is 0.213. The Hall–Kier alpha value is -6.98. The van der Waals surface area contributed by atoms with Gasteiger partial charge in [0.2, 0.25) is 0 Å². The predicted molar refractivity (Wildman–Crippen MR) is 279 cm³/mol. The third-order valence-electron chi connectivity index (χ3n) is 15.5. The summed E-state index contributed by atoms with van der Waals surface area (Å²) in [7, 11) is 0. The van der Waals surface area contributed by atoms with Crippen molar-refractivity contribution in [2.45, 2.75) is 84.5 Å². The predicted octanol–water partition coefficient (Wildman–Crippen LogP) is 15.2. The van der Waals surface area contributed by atoms with Crippen LogP contribution in [0, 0.1) is 6.92 Å². The molecule has 3 aliphatic rings. The van der Waals surface area contributed by atoms with Crippen LogP contribution in [0.2, 0.25) is 0 Å². The van der Waals surface area contributed by atoms with E-state index in [9.17, 15) is 0 Å². The van der Waals surface area contributed by atoms with Crippen molar-refractivity contribution in [3.8, 4) is 11.1 Å². The van der Waals surface area contributed by atoms with E-state index in [1.807, 2.05) is 6.07 Å². The number of rotatable bonds is 3. The van der Waals surface area contributed by atoms with Crippen LogP contribution >= 0.6 is 0 Å². The summed E-state index contributed by atoms with van der Waals surface area (Å²) in [4.78, 5) is 5.11. The number of furan rings is 2. The second kappa shape index (κ2) is 13.5. The van der Waals surface area contributed by atoms with Gasteiger partial charge in [0.15, 0.2) is 0 Å². The summed E-state index contributed by atoms with van der Waals surface area (Å²) in [6, 6.07) is 56.6. The minimum Gasteiger partial charge on any atom is -0.456 e. The second-order valence-corrected chi connectivity index (χ2v) is 21.7. The lowest BCUT2D eigenvalue weighted by Gasteiger charge is -2.47. The molecule has 0 spiro atoms. The Bertz CT molecular complexity index is 3670. The summed E-state index contributed by atoms with van der Waals surface area (Å²) < 4.78 is 13.1. The molecule has 10 aromatic rings. The molecule has 5 heteroatoms. The molecule has 0 atom stereocenters. The molecule has 2 aromatic heterocycles. The Balaban J connectivity index is 1.07. The fourth-order valence-corrected chi connectivity index (χ4v) is 11.8. The highest BCUT2D eigenvalue weighted by Gasteiger charge is 2.46. The Morgan fingerprint density at radius 3 is 1.80 bits per heavy atom. The standard InChI is InChI=1S/C61H53BN2O2/c1-36-30-52-57-53(31-36)64(40-25-26-44-42-14-9-11-18-54(42)65-56(44)33-40)50-32-38(59(2,3)4)22-27-48(50)62(57)49-34-46-47(61(7,8)29-28-60(46,5)6)35-51(49)63(52)39-23-20-37(21-24-39)41-16-13-17-45-43-15-10-12-19-55(43)66-58(41)45/h9-27,30-35H,28-29H2,1-8H3. The third kappa shape index (κ3) is 5.65. The molecule has 4 heterocycles. The number of hydrogen-bond acceptors (Lipinski definition) is 4. The van der Waals surface area contributed by atoms with Crippen LogP contribution in [-0.4, -0.2) is 6.71 Å². The molecule has 0 unspecified atom stereocenters. The molecule has 0 bridgehead atoms. The molecule has 0 N–H and O–H groups in total. The van der Waals surface area contributed by atoms with Crippen molar-refractivity contribution < 1.29 is 8.83 Å². The van der Waals surface area contributed by atoms with Crippen LogP contribution in [0.3, 0.4) is 0 Å². The summed E-state index contributed by atoms with van der Waals surface area (Å²) >= 11 is 0. The first-order valence-corrected chi connectivity index (χ1v) is 23.7. The highest BCUT2D eigenvalue weighted by Crippen LogP contribution is 2.51. The molecule has 2 aliphatic heterocycles. The number of para-hydroxylation sites is 3. The van der Waals surface area contributed by atoms with E-state index in [2.05, 4.69) is 211 Å². The zero-order chi connectivity index (χ0) is 45.0. The van der Waals surface area contributed by atoms with E-state index < -0.39 is 0 Å². The molecular weight excluding hydrogens is 803 g/mol. The average molecular weight is 857 g/mol. The van der Waals surface area contributed by atoms with Crippen molar-refractivity contribution in [1.82, 2.24) is 0 Å². The van der Waals surface area contributed by atoms with E-state index in [0.29, 0.717) is 0 Å². The smallest absolute Gasteiger partial charge is 0.252 e. The second-order valence-electron chi connectivity index (χ2n) is 21.7. The normalized spacial score (nSPS) is 15.9. The van der Waals surface area contributed by atoms with Crippen molar-refractivity contribution >= 4 is 101 Å². The van der Waals surface area contributed by atoms with Crippen LogP contribution in [0.1, 0.15) is 83.6 Å². The molecule has 0 saturated carbocycles. The van der Waals surface area contributed by atoms with Gasteiger partial charge in [0.25, 0.3) is 6.71 Å². The lowest BCUT2D eigenvalue weighted by atomic mass is 9.33. The molecule has 66 heavy (non-hydrogen) atoms. The van der Waals surface area contributed by atoms with Crippen molar-refractivity contribution in [3.05, 3.63) is 174 Å². The van der Waals surface area contributed by atoms with Gasteiger partial charge in [-0.2, -0.15) is 0 Å². The fourth-order valence-electron chi connectivity index (χ4n) is 11.8. The topological polar surface area (TPSA) is 32.8 Å². The molecule has 13 rings (SSSR count). The van der Waals surface area contributed by atoms with Crippen molar-refractivity contribution in [2.24, 2.45) is 0 Å². The van der Waals surface area contributed by atoms with Gasteiger partial charge in [0, 0.05) is 67.3 Å². The first kappa shape index (κ1) is 39.4. The summed E-state index contributed by atoms with van der Waals surface area (Å²) in [5.41, 5.74) is 22.6. The van der Waals surface area contributed by atoms with Crippen LogP contribution in [-0.2, 0) is 16.2 Å². The SMILES string of the molecule is Cc1cc2c3c(c1)N(c1ccc(-c4cccc5c4oc4ccccc45)cc1)c1cc4c(cc1B3c1ccc(C(C)(C)C)cc1N2c1ccc2c(c1)oc1ccccc12)C(C)(C)CCC4(C)C. The average Bonchev–Trinajstić information content (AvgIpc) is 3.88. The summed E-state index contributed by atoms with van der Waals surface area (Å²) in [6.45, 7) is 19.1. The Kier molecular flexibility index (Phi) is 8.09. The van der Waals surface area contributed by atoms with Crippen molar-refractivity contribution in [1.29, 1.82) is 0 Å². The molecular formula is C61H53BN2O2. The van der Waals surface area contributed by atoms with Crippen LogP contribution < -0.4 is 26.2 Å². The summed E-state index contributed by atoms with van der Waals surface area (Å²) in [6.07, 6.45) is 2.31. The number of nitrogens with zero attached hydrogens (tertiary/aromatic N) is 2. The Labute approximate surface area is 387 Å². The van der Waals surface area contributed by atoms with Crippen molar-refractivity contribution in [3.63, 3.8) is 0 Å². The summed E-state index contributed by atoms with van der Waals surface area (Å²) in [5, 5.41) is 4.56. The molecule has 4 nitrogen and oxygen atoms in total. The number of fused-ring (bicyclic) bond motifs is 11. The van der Waals surface area contributed by atoms with Crippen LogP contribution in [0.5, 0.6) is 0 Å². The lowest BCUT2D eigenvalue weighted by Crippen LogP contribution is -2.62. The van der Waals surface area contributed by atoms with Gasteiger partial charge >= 0.3 is 0 Å². The summed E-state index contributed by atoms with van der Waals surface area (Å²) in [5.74, 6) is 0. The third-order valence-corrected chi connectivity index (χ3v) is 15.5. The lowest BCUT2D eigenvalue weighted by molar-refractivity contribution is 0.332. The first-order valence-electron chi connectivity index (χ1n) is 23.7.